The minimum absolute atomic E-state index is 0.109. The molecule has 190 valence electrons. The van der Waals surface area contributed by atoms with Crippen molar-refractivity contribution in [1.29, 1.82) is 5.26 Å². The van der Waals surface area contributed by atoms with Gasteiger partial charge in [-0.1, -0.05) is 77.3 Å². The van der Waals surface area contributed by atoms with Gasteiger partial charge >= 0.3 is 0 Å². The number of amides is 1. The Morgan fingerprint density at radius 3 is 2.29 bits per heavy atom. The summed E-state index contributed by atoms with van der Waals surface area (Å²) in [7, 11) is 0. The lowest BCUT2D eigenvalue weighted by Gasteiger charge is -2.22. The molecule has 1 aromatic heterocycles. The quantitative estimate of drug-likeness (QED) is 0.281. The molecule has 0 unspecified atom stereocenters. The SMILES string of the molecule is CC1=NN(c2c(Cl)cc(Cl)cc2Cl)C(=O)C1=CC=CC=Cc1c(C)c(C#N)c(=O)n(-c2ccccc2)c1[O-]. The van der Waals surface area contributed by atoms with Crippen LogP contribution < -0.4 is 15.7 Å². The number of carbonyl (C=O) groups is 1. The molecule has 10 heteroatoms. The number of allylic oxidation sites excluding steroid dienone is 4. The van der Waals surface area contributed by atoms with E-state index in [0.717, 1.165) is 9.58 Å². The topological polar surface area (TPSA) is 102 Å². The lowest BCUT2D eigenvalue weighted by molar-refractivity contribution is -0.278. The first kappa shape index (κ1) is 27.0. The molecule has 0 spiro atoms. The molecule has 4 rings (SSSR count). The van der Waals surface area contributed by atoms with Crippen LogP contribution in [0.15, 0.2) is 82.2 Å². The number of hydrogen-bond acceptors (Lipinski definition) is 5. The second-order valence-corrected chi connectivity index (χ2v) is 9.40. The summed E-state index contributed by atoms with van der Waals surface area (Å²) in [6.45, 7) is 3.23. The number of nitriles is 1. The molecule has 0 N–H and O–H groups in total. The second kappa shape index (κ2) is 11.1. The van der Waals surface area contributed by atoms with Crippen molar-refractivity contribution in [2.75, 3.05) is 5.01 Å². The number of carbonyl (C=O) groups excluding carboxylic acids is 1. The van der Waals surface area contributed by atoms with Crippen LogP contribution in [0.4, 0.5) is 5.69 Å². The largest absolute Gasteiger partial charge is 0.859 e. The van der Waals surface area contributed by atoms with Crippen LogP contribution in [-0.2, 0) is 4.79 Å². The van der Waals surface area contributed by atoms with Crippen LogP contribution in [0.3, 0.4) is 0 Å². The normalized spacial score (nSPS) is 14.6. The van der Waals surface area contributed by atoms with E-state index in [-0.39, 0.29) is 26.9 Å². The lowest BCUT2D eigenvalue weighted by Crippen LogP contribution is -2.26. The van der Waals surface area contributed by atoms with Crippen molar-refractivity contribution in [3.63, 3.8) is 0 Å². The highest BCUT2D eigenvalue weighted by molar-refractivity contribution is 6.43. The highest BCUT2D eigenvalue weighted by atomic mass is 35.5. The number of aromatic nitrogens is 1. The second-order valence-electron chi connectivity index (χ2n) is 8.15. The fraction of sp³-hybridized carbons (Fsp3) is 0.0714. The molecule has 38 heavy (non-hydrogen) atoms. The maximum atomic E-state index is 13.2. The molecular formula is C28H18Cl3N4O3-. The predicted molar refractivity (Wildman–Crippen MR) is 149 cm³/mol. The van der Waals surface area contributed by atoms with Gasteiger partial charge in [0.05, 0.1) is 21.3 Å². The number of hydrazone groups is 1. The molecule has 2 heterocycles. The summed E-state index contributed by atoms with van der Waals surface area (Å²) in [4.78, 5) is 25.8. The van der Waals surface area contributed by atoms with E-state index >= 15 is 0 Å². The summed E-state index contributed by atoms with van der Waals surface area (Å²) in [6, 6.07) is 13.2. The predicted octanol–water partition coefficient (Wildman–Crippen LogP) is 5.97. The molecule has 1 amide bonds. The molecule has 0 atom stereocenters. The van der Waals surface area contributed by atoms with Crippen molar-refractivity contribution in [3.05, 3.63) is 114 Å². The van der Waals surface area contributed by atoms with E-state index < -0.39 is 17.3 Å². The van der Waals surface area contributed by atoms with E-state index in [1.807, 2.05) is 6.07 Å². The molecular weight excluding hydrogens is 547 g/mol. The summed E-state index contributed by atoms with van der Waals surface area (Å²) in [5.41, 5.74) is 1.09. The molecule has 0 aliphatic carbocycles. The average Bonchev–Trinajstić information content (AvgIpc) is 3.14. The Kier molecular flexibility index (Phi) is 7.88. The maximum absolute atomic E-state index is 13.2. The minimum Gasteiger partial charge on any atom is -0.859 e. The number of halogens is 3. The molecule has 2 aromatic carbocycles. The zero-order valence-electron chi connectivity index (χ0n) is 20.1. The van der Waals surface area contributed by atoms with E-state index in [1.54, 1.807) is 68.5 Å². The Hall–Kier alpha value is -4.09. The maximum Gasteiger partial charge on any atom is 0.280 e. The van der Waals surface area contributed by atoms with Crippen LogP contribution >= 0.6 is 34.8 Å². The van der Waals surface area contributed by atoms with Gasteiger partial charge in [0.25, 0.3) is 11.5 Å². The molecule has 7 nitrogen and oxygen atoms in total. The van der Waals surface area contributed by atoms with E-state index in [1.165, 1.54) is 18.2 Å². The van der Waals surface area contributed by atoms with Gasteiger partial charge in [-0.25, -0.2) is 0 Å². The average molecular weight is 565 g/mol. The zero-order valence-corrected chi connectivity index (χ0v) is 22.3. The number of pyridine rings is 1. The van der Waals surface area contributed by atoms with Crippen molar-refractivity contribution >= 4 is 58.2 Å². The van der Waals surface area contributed by atoms with Crippen LogP contribution in [0.5, 0.6) is 5.88 Å². The fourth-order valence-electron chi connectivity index (χ4n) is 3.89. The van der Waals surface area contributed by atoms with Crippen molar-refractivity contribution in [2.45, 2.75) is 13.8 Å². The summed E-state index contributed by atoms with van der Waals surface area (Å²) >= 11 is 18.5. The third-order valence-electron chi connectivity index (χ3n) is 5.76. The van der Waals surface area contributed by atoms with Gasteiger partial charge in [0.2, 0.25) is 0 Å². The van der Waals surface area contributed by atoms with Crippen LogP contribution in [0.1, 0.15) is 23.6 Å². The summed E-state index contributed by atoms with van der Waals surface area (Å²) in [5.74, 6) is -0.962. The number of anilines is 1. The van der Waals surface area contributed by atoms with Crippen molar-refractivity contribution < 1.29 is 9.90 Å². The molecule has 0 radical (unpaired) electrons. The van der Waals surface area contributed by atoms with Crippen molar-refractivity contribution in [2.24, 2.45) is 5.10 Å². The smallest absolute Gasteiger partial charge is 0.280 e. The first-order valence-corrected chi connectivity index (χ1v) is 12.3. The van der Waals surface area contributed by atoms with Crippen LogP contribution in [0.2, 0.25) is 15.1 Å². The van der Waals surface area contributed by atoms with Gasteiger partial charge in [-0.05, 0) is 61.2 Å². The van der Waals surface area contributed by atoms with Crippen molar-refractivity contribution in [1.82, 2.24) is 4.57 Å². The Morgan fingerprint density at radius 1 is 1.00 bits per heavy atom. The van der Waals surface area contributed by atoms with Gasteiger partial charge in [0.15, 0.2) is 0 Å². The first-order valence-electron chi connectivity index (χ1n) is 11.2. The number of hydrogen-bond donors (Lipinski definition) is 0. The monoisotopic (exact) mass is 563 g/mol. The highest BCUT2D eigenvalue weighted by Crippen LogP contribution is 2.39. The first-order chi connectivity index (χ1) is 18.1. The zero-order chi connectivity index (χ0) is 27.6. The van der Waals surface area contributed by atoms with Crippen molar-refractivity contribution in [3.8, 4) is 17.6 Å². The molecule has 3 aromatic rings. The van der Waals surface area contributed by atoms with E-state index in [0.29, 0.717) is 27.6 Å². The molecule has 1 aliphatic heterocycles. The molecule has 0 saturated carbocycles. The standard InChI is InChI=1S/C28H19Cl3N4O3/c1-16-20(26(36)34(27(37)22(16)15-32)19-9-5-3-6-10-19)11-7-4-8-12-21-17(2)33-35(28(21)38)25-23(30)13-18(29)14-24(25)31/h3-14,36H,1-2H3/p-1. The number of benzene rings is 2. The summed E-state index contributed by atoms with van der Waals surface area (Å²) in [6.07, 6.45) is 7.89. The van der Waals surface area contributed by atoms with E-state index in [4.69, 9.17) is 34.8 Å². The van der Waals surface area contributed by atoms with Gasteiger partial charge in [-0.2, -0.15) is 15.4 Å². The lowest BCUT2D eigenvalue weighted by atomic mass is 10.0. The Bertz CT molecular complexity index is 1660. The van der Waals surface area contributed by atoms with Crippen LogP contribution in [-0.4, -0.2) is 16.2 Å². The van der Waals surface area contributed by atoms with Gasteiger partial charge in [0.1, 0.15) is 17.3 Å². The number of para-hydroxylation sites is 1. The molecule has 1 aliphatic rings. The molecule has 0 saturated heterocycles. The van der Waals surface area contributed by atoms with E-state index in [2.05, 4.69) is 5.10 Å². The minimum atomic E-state index is -0.668. The van der Waals surface area contributed by atoms with Gasteiger partial charge in [-0.3, -0.25) is 14.2 Å². The highest BCUT2D eigenvalue weighted by Gasteiger charge is 2.31. The summed E-state index contributed by atoms with van der Waals surface area (Å²) in [5, 5.41) is 28.8. The third kappa shape index (κ3) is 5.02. The number of rotatable bonds is 5. The fourth-order valence-corrected chi connectivity index (χ4v) is 4.86. The third-order valence-corrected chi connectivity index (χ3v) is 6.55. The Balaban J connectivity index is 1.63. The van der Waals surface area contributed by atoms with Crippen LogP contribution in [0, 0.1) is 18.3 Å². The Labute approximate surface area is 233 Å². The van der Waals surface area contributed by atoms with Gasteiger partial charge in [0, 0.05) is 10.7 Å². The van der Waals surface area contributed by atoms with Crippen LogP contribution in [0.25, 0.3) is 11.8 Å². The Morgan fingerprint density at radius 2 is 1.66 bits per heavy atom. The van der Waals surface area contributed by atoms with Gasteiger partial charge in [-0.15, -0.1) is 0 Å². The molecule has 0 bridgehead atoms. The number of nitrogens with zero attached hydrogens (tertiary/aromatic N) is 4. The van der Waals surface area contributed by atoms with E-state index in [9.17, 15) is 20.0 Å². The molecule has 0 fully saturated rings. The summed E-state index contributed by atoms with van der Waals surface area (Å²) < 4.78 is 0.982. The van der Waals surface area contributed by atoms with Gasteiger partial charge < -0.3 is 5.11 Å².